The molecule has 0 amide bonds. The van der Waals surface area contributed by atoms with Crippen molar-refractivity contribution in [2.24, 2.45) is 0 Å². The number of rotatable bonds is 4. The molecule has 2 unspecified atom stereocenters. The van der Waals surface area contributed by atoms with Gasteiger partial charge in [0.05, 0.1) is 6.10 Å². The molecule has 0 saturated heterocycles. The van der Waals surface area contributed by atoms with Gasteiger partial charge in [0.15, 0.2) is 0 Å². The lowest BCUT2D eigenvalue weighted by Gasteiger charge is -2.28. The highest BCUT2D eigenvalue weighted by molar-refractivity contribution is 7.98. The van der Waals surface area contributed by atoms with E-state index in [9.17, 15) is 5.11 Å². The van der Waals surface area contributed by atoms with E-state index in [0.29, 0.717) is 5.92 Å². The summed E-state index contributed by atoms with van der Waals surface area (Å²) >= 11 is 1.71. The number of aryl methyl sites for hydroxylation is 1. The largest absolute Gasteiger partial charge is 0.388 e. The van der Waals surface area contributed by atoms with E-state index in [-0.39, 0.29) is 6.10 Å². The average Bonchev–Trinajstić information content (AvgIpc) is 2.55. The normalized spacial score (nSPS) is 19.0. The third-order valence-electron chi connectivity index (χ3n) is 4.50. The fourth-order valence-corrected chi connectivity index (χ4v) is 4.09. The van der Waals surface area contributed by atoms with Crippen LogP contribution in [0.5, 0.6) is 0 Å². The summed E-state index contributed by atoms with van der Waals surface area (Å²) in [7, 11) is 0. The molecule has 0 spiro atoms. The van der Waals surface area contributed by atoms with E-state index >= 15 is 0 Å². The van der Waals surface area contributed by atoms with Crippen LogP contribution in [0.15, 0.2) is 53.4 Å². The van der Waals surface area contributed by atoms with Crippen molar-refractivity contribution in [3.05, 3.63) is 65.2 Å². The first-order valence-electron chi connectivity index (χ1n) is 7.68. The summed E-state index contributed by atoms with van der Waals surface area (Å²) in [5.74, 6) is 0.486. The highest BCUT2D eigenvalue weighted by atomic mass is 32.2. The Bertz CT molecular complexity index is 608. The molecule has 0 bridgehead atoms. The fraction of sp³-hybridized carbons (Fsp3) is 0.368. The summed E-state index contributed by atoms with van der Waals surface area (Å²) in [5, 5.41) is 10.7. The van der Waals surface area contributed by atoms with Crippen molar-refractivity contribution in [2.75, 3.05) is 6.26 Å². The fourth-order valence-electron chi connectivity index (χ4n) is 3.44. The lowest BCUT2D eigenvalue weighted by molar-refractivity contribution is 0.151. The summed E-state index contributed by atoms with van der Waals surface area (Å²) in [6.45, 7) is 0. The molecule has 21 heavy (non-hydrogen) atoms. The van der Waals surface area contributed by atoms with E-state index in [0.717, 1.165) is 12.0 Å². The molecule has 0 aliphatic heterocycles. The van der Waals surface area contributed by atoms with Crippen LogP contribution in [0.4, 0.5) is 0 Å². The van der Waals surface area contributed by atoms with Gasteiger partial charge in [0, 0.05) is 4.90 Å². The van der Waals surface area contributed by atoms with Crippen LogP contribution < -0.4 is 0 Å². The van der Waals surface area contributed by atoms with Gasteiger partial charge in [-0.25, -0.2) is 0 Å². The van der Waals surface area contributed by atoms with Crippen LogP contribution in [-0.4, -0.2) is 11.4 Å². The van der Waals surface area contributed by atoms with Crippen molar-refractivity contribution in [1.82, 2.24) is 0 Å². The molecule has 2 aromatic carbocycles. The summed E-state index contributed by atoms with van der Waals surface area (Å²) in [6, 6.07) is 16.9. The summed E-state index contributed by atoms with van der Waals surface area (Å²) < 4.78 is 0. The van der Waals surface area contributed by atoms with E-state index in [2.05, 4.69) is 42.7 Å². The quantitative estimate of drug-likeness (QED) is 0.806. The van der Waals surface area contributed by atoms with Crippen molar-refractivity contribution < 1.29 is 5.11 Å². The molecule has 110 valence electrons. The van der Waals surface area contributed by atoms with Gasteiger partial charge in [-0.15, -0.1) is 11.8 Å². The first kappa shape index (κ1) is 14.7. The first-order valence-corrected chi connectivity index (χ1v) is 8.91. The number of hydrogen-bond acceptors (Lipinski definition) is 2. The van der Waals surface area contributed by atoms with Gasteiger partial charge in [0.1, 0.15) is 0 Å². The molecule has 1 aliphatic rings. The Morgan fingerprint density at radius 1 is 1.14 bits per heavy atom. The lowest BCUT2D eigenvalue weighted by atomic mass is 9.79. The molecule has 0 radical (unpaired) electrons. The SMILES string of the molecule is CSc1ccccc1C(O)CC1CCCc2ccccc21. The van der Waals surface area contributed by atoms with E-state index in [1.807, 2.05) is 12.1 Å². The van der Waals surface area contributed by atoms with Crippen LogP contribution >= 0.6 is 11.8 Å². The molecule has 1 N–H and O–H groups in total. The first-order chi connectivity index (χ1) is 10.3. The van der Waals surface area contributed by atoms with Gasteiger partial charge in [-0.2, -0.15) is 0 Å². The maximum absolute atomic E-state index is 10.7. The molecular formula is C19H22OS. The van der Waals surface area contributed by atoms with E-state index in [4.69, 9.17) is 0 Å². The Morgan fingerprint density at radius 2 is 1.90 bits per heavy atom. The van der Waals surface area contributed by atoms with Gasteiger partial charge < -0.3 is 5.11 Å². The second-order valence-electron chi connectivity index (χ2n) is 5.78. The Morgan fingerprint density at radius 3 is 2.76 bits per heavy atom. The number of aliphatic hydroxyl groups excluding tert-OH is 1. The van der Waals surface area contributed by atoms with Crippen LogP contribution in [0.2, 0.25) is 0 Å². The zero-order chi connectivity index (χ0) is 14.7. The van der Waals surface area contributed by atoms with Crippen LogP contribution in [-0.2, 0) is 6.42 Å². The van der Waals surface area contributed by atoms with Crippen molar-refractivity contribution in [3.8, 4) is 0 Å². The highest BCUT2D eigenvalue weighted by Gasteiger charge is 2.23. The topological polar surface area (TPSA) is 20.2 Å². The predicted molar refractivity (Wildman–Crippen MR) is 89.9 cm³/mol. The maximum atomic E-state index is 10.7. The Hall–Kier alpha value is -1.25. The van der Waals surface area contributed by atoms with Crippen molar-refractivity contribution in [2.45, 2.75) is 42.6 Å². The highest BCUT2D eigenvalue weighted by Crippen LogP contribution is 2.39. The van der Waals surface area contributed by atoms with Gasteiger partial charge in [-0.05, 0) is 60.6 Å². The average molecular weight is 298 g/mol. The molecule has 1 nitrogen and oxygen atoms in total. The lowest BCUT2D eigenvalue weighted by Crippen LogP contribution is -2.13. The minimum absolute atomic E-state index is 0.371. The third kappa shape index (κ3) is 3.17. The molecular weight excluding hydrogens is 276 g/mol. The molecule has 1 aliphatic carbocycles. The molecule has 3 rings (SSSR count). The zero-order valence-corrected chi connectivity index (χ0v) is 13.3. The zero-order valence-electron chi connectivity index (χ0n) is 12.5. The van der Waals surface area contributed by atoms with Gasteiger partial charge in [0.2, 0.25) is 0 Å². The number of hydrogen-bond donors (Lipinski definition) is 1. The minimum atomic E-state index is -0.371. The molecule has 2 aromatic rings. The monoisotopic (exact) mass is 298 g/mol. The number of fused-ring (bicyclic) bond motifs is 1. The van der Waals surface area contributed by atoms with Crippen LogP contribution in [0, 0.1) is 0 Å². The summed E-state index contributed by atoms with van der Waals surface area (Å²) in [5.41, 5.74) is 4.00. The molecule has 0 heterocycles. The summed E-state index contributed by atoms with van der Waals surface area (Å²) in [6.07, 6.45) is 6.14. The van der Waals surface area contributed by atoms with Gasteiger partial charge in [0.25, 0.3) is 0 Å². The number of aliphatic hydroxyl groups is 1. The molecule has 0 aromatic heterocycles. The van der Waals surface area contributed by atoms with E-state index < -0.39 is 0 Å². The Kier molecular flexibility index (Phi) is 4.67. The second kappa shape index (κ2) is 6.67. The van der Waals surface area contributed by atoms with Gasteiger partial charge in [-0.3, -0.25) is 0 Å². The van der Waals surface area contributed by atoms with Gasteiger partial charge in [-0.1, -0.05) is 42.5 Å². The molecule has 2 heteroatoms. The van der Waals surface area contributed by atoms with Crippen LogP contribution in [0.1, 0.15) is 48.0 Å². The van der Waals surface area contributed by atoms with Crippen molar-refractivity contribution >= 4 is 11.8 Å². The van der Waals surface area contributed by atoms with E-state index in [1.165, 1.54) is 35.3 Å². The molecule has 0 saturated carbocycles. The van der Waals surface area contributed by atoms with Gasteiger partial charge >= 0.3 is 0 Å². The van der Waals surface area contributed by atoms with Crippen molar-refractivity contribution in [3.63, 3.8) is 0 Å². The Balaban J connectivity index is 1.81. The predicted octanol–water partition coefficient (Wildman–Crippen LogP) is 4.95. The second-order valence-corrected chi connectivity index (χ2v) is 6.63. The molecule has 0 fully saturated rings. The van der Waals surface area contributed by atoms with Crippen molar-refractivity contribution in [1.29, 1.82) is 0 Å². The van der Waals surface area contributed by atoms with Crippen LogP contribution in [0.25, 0.3) is 0 Å². The molecule has 2 atom stereocenters. The number of benzene rings is 2. The summed E-state index contributed by atoms with van der Waals surface area (Å²) in [4.78, 5) is 1.19. The smallest absolute Gasteiger partial charge is 0.0806 e. The van der Waals surface area contributed by atoms with Crippen LogP contribution in [0.3, 0.4) is 0 Å². The standard InChI is InChI=1S/C19H22OS/c1-21-19-12-5-4-11-17(19)18(20)13-15-9-6-8-14-7-2-3-10-16(14)15/h2-5,7,10-12,15,18,20H,6,8-9,13H2,1H3. The third-order valence-corrected chi connectivity index (χ3v) is 5.31. The van der Waals surface area contributed by atoms with E-state index in [1.54, 1.807) is 11.8 Å². The minimum Gasteiger partial charge on any atom is -0.388 e. The maximum Gasteiger partial charge on any atom is 0.0806 e. The Labute approximate surface area is 131 Å². The number of thioether (sulfide) groups is 1.